The highest BCUT2D eigenvalue weighted by molar-refractivity contribution is 5.91. The number of ether oxygens (including phenoxy) is 2. The summed E-state index contributed by atoms with van der Waals surface area (Å²) in [7, 11) is 0. The largest absolute Gasteiger partial charge is 0.481 e. The van der Waals surface area contributed by atoms with Crippen LogP contribution in [-0.2, 0) is 33.4 Å². The van der Waals surface area contributed by atoms with Crippen LogP contribution in [0.15, 0.2) is 0 Å². The second-order valence-corrected chi connectivity index (χ2v) is 6.55. The highest BCUT2D eigenvalue weighted by atomic mass is 16.5. The lowest BCUT2D eigenvalue weighted by Crippen LogP contribution is -2.54. The molecule has 0 aliphatic rings. The Bertz CT molecular complexity index is 704. The smallest absolute Gasteiger partial charge is 0.316 e. The number of carboxylic acids is 1. The number of nitrogens with one attached hydrogen (secondary N) is 4. The first-order valence-electron chi connectivity index (χ1n) is 9.68. The Hall–Kier alpha value is -3.50. The van der Waals surface area contributed by atoms with E-state index in [0.717, 1.165) is 0 Å². The third-order valence-electron chi connectivity index (χ3n) is 3.79. The van der Waals surface area contributed by atoms with Crippen LogP contribution < -0.4 is 32.7 Å². The number of rotatable bonds is 17. The molecule has 188 valence electrons. The molecule has 16 heteroatoms. The molecular weight excluding hydrogens is 448 g/mol. The van der Waals surface area contributed by atoms with Crippen molar-refractivity contribution in [3.63, 3.8) is 0 Å². The van der Waals surface area contributed by atoms with Crippen LogP contribution in [0, 0.1) is 0 Å². The molecule has 0 bridgehead atoms. The Morgan fingerprint density at radius 2 is 1.52 bits per heavy atom. The van der Waals surface area contributed by atoms with E-state index >= 15 is 0 Å². The molecule has 16 nitrogen and oxygen atoms in total. The van der Waals surface area contributed by atoms with Crippen molar-refractivity contribution in [1.29, 1.82) is 0 Å². The average Bonchev–Trinajstić information content (AvgIpc) is 2.72. The Morgan fingerprint density at radius 3 is 2.06 bits per heavy atom. The number of amides is 6. The summed E-state index contributed by atoms with van der Waals surface area (Å²) in [6.07, 6.45) is -0.701. The van der Waals surface area contributed by atoms with Crippen LogP contribution in [0.1, 0.15) is 13.3 Å². The van der Waals surface area contributed by atoms with Gasteiger partial charge in [0.05, 0.1) is 32.8 Å². The third kappa shape index (κ3) is 14.2. The zero-order valence-electron chi connectivity index (χ0n) is 18.0. The molecule has 0 aliphatic heterocycles. The van der Waals surface area contributed by atoms with Crippen molar-refractivity contribution in [3.05, 3.63) is 0 Å². The summed E-state index contributed by atoms with van der Waals surface area (Å²) >= 11 is 0. The lowest BCUT2D eigenvalue weighted by Gasteiger charge is -2.18. The molecule has 0 fully saturated rings. The molecule has 0 aromatic carbocycles. The molecule has 6 amide bonds. The van der Waals surface area contributed by atoms with Gasteiger partial charge >= 0.3 is 12.0 Å². The molecule has 33 heavy (non-hydrogen) atoms. The van der Waals surface area contributed by atoms with Crippen molar-refractivity contribution in [2.24, 2.45) is 11.5 Å². The summed E-state index contributed by atoms with van der Waals surface area (Å²) in [6.45, 7) is 0.316. The summed E-state index contributed by atoms with van der Waals surface area (Å²) in [5.41, 5.74) is 9.97. The molecule has 0 saturated carbocycles. The van der Waals surface area contributed by atoms with Crippen LogP contribution in [0.3, 0.4) is 0 Å². The fourth-order valence-electron chi connectivity index (χ4n) is 2.05. The maximum atomic E-state index is 12.1. The van der Waals surface area contributed by atoms with Crippen molar-refractivity contribution in [2.45, 2.75) is 31.5 Å². The van der Waals surface area contributed by atoms with E-state index in [9.17, 15) is 28.8 Å². The number of aliphatic hydroxyl groups is 1. The third-order valence-corrected chi connectivity index (χ3v) is 3.79. The Kier molecular flexibility index (Phi) is 14.5. The lowest BCUT2D eigenvalue weighted by molar-refractivity contribution is -0.139. The van der Waals surface area contributed by atoms with Crippen LogP contribution in [0.25, 0.3) is 0 Å². The van der Waals surface area contributed by atoms with Crippen LogP contribution in [0.5, 0.6) is 0 Å². The molecule has 0 spiro atoms. The van der Waals surface area contributed by atoms with Gasteiger partial charge in [-0.2, -0.15) is 0 Å². The molecule has 10 N–H and O–H groups in total. The number of hydrogen-bond donors (Lipinski definition) is 8. The molecule has 0 saturated heterocycles. The standard InChI is InChI=1S/C17H30N6O10/c1-9(14(18)28)21-17(31)23-10(6-13(26)27)16(30)20-2-3-32-4-5-33-8-12(25)22-11(7-24)15(19)29/h9-11,24H,2-8H2,1H3,(H2,18,28)(H2,19,29)(H,20,30)(H,22,25)(H,26,27)(H2,21,23,31). The van der Waals surface area contributed by atoms with Gasteiger partial charge in [0.1, 0.15) is 24.7 Å². The number of aliphatic carboxylic acids is 1. The summed E-state index contributed by atoms with van der Waals surface area (Å²) in [6, 6.07) is -4.59. The predicted molar refractivity (Wildman–Crippen MR) is 109 cm³/mol. The minimum atomic E-state index is -1.41. The van der Waals surface area contributed by atoms with Crippen LogP contribution in [-0.4, -0.2) is 104 Å². The van der Waals surface area contributed by atoms with Crippen LogP contribution in [0.4, 0.5) is 4.79 Å². The number of aliphatic hydroxyl groups excluding tert-OH is 1. The van der Waals surface area contributed by atoms with Gasteiger partial charge in [0.15, 0.2) is 0 Å². The Labute approximate surface area is 188 Å². The molecular formula is C17H30N6O10. The van der Waals surface area contributed by atoms with Gasteiger partial charge in [-0.1, -0.05) is 0 Å². The number of urea groups is 1. The van der Waals surface area contributed by atoms with Gasteiger partial charge in [-0.15, -0.1) is 0 Å². The molecule has 0 radical (unpaired) electrons. The van der Waals surface area contributed by atoms with E-state index in [4.69, 9.17) is 31.2 Å². The zero-order chi connectivity index (χ0) is 25.4. The number of primary amides is 2. The van der Waals surface area contributed by atoms with E-state index in [2.05, 4.69) is 21.3 Å². The summed E-state index contributed by atoms with van der Waals surface area (Å²) in [5, 5.41) is 26.6. The topological polar surface area (TPSA) is 262 Å². The Balaban J connectivity index is 4.16. The second-order valence-electron chi connectivity index (χ2n) is 6.55. The lowest BCUT2D eigenvalue weighted by atomic mass is 10.2. The Morgan fingerprint density at radius 1 is 0.879 bits per heavy atom. The molecule has 3 atom stereocenters. The fraction of sp³-hybridized carbons (Fsp3) is 0.647. The van der Waals surface area contributed by atoms with Gasteiger partial charge < -0.3 is 52.4 Å². The number of nitrogens with two attached hydrogens (primary N) is 2. The maximum Gasteiger partial charge on any atom is 0.316 e. The quantitative estimate of drug-likeness (QED) is 0.0923. The number of carbonyl (C=O) groups is 6. The van der Waals surface area contributed by atoms with E-state index in [-0.39, 0.29) is 26.4 Å². The van der Waals surface area contributed by atoms with E-state index < -0.39 is 73.4 Å². The van der Waals surface area contributed by atoms with Gasteiger partial charge in [0.25, 0.3) is 0 Å². The summed E-state index contributed by atoms with van der Waals surface area (Å²) in [4.78, 5) is 68.2. The van der Waals surface area contributed by atoms with E-state index in [1.807, 2.05) is 0 Å². The van der Waals surface area contributed by atoms with Crippen molar-refractivity contribution in [1.82, 2.24) is 21.3 Å². The van der Waals surface area contributed by atoms with Gasteiger partial charge in [0, 0.05) is 6.54 Å². The minimum Gasteiger partial charge on any atom is -0.481 e. The zero-order valence-corrected chi connectivity index (χ0v) is 18.0. The fourth-order valence-corrected chi connectivity index (χ4v) is 2.05. The SMILES string of the molecule is CC(NC(=O)NC(CC(=O)O)C(=O)NCCOCCOCC(=O)NC(CO)C(N)=O)C(N)=O. The minimum absolute atomic E-state index is 0.00312. The maximum absolute atomic E-state index is 12.1. The molecule has 3 unspecified atom stereocenters. The van der Waals surface area contributed by atoms with Crippen molar-refractivity contribution in [2.75, 3.05) is 39.6 Å². The van der Waals surface area contributed by atoms with Gasteiger partial charge in [0.2, 0.25) is 23.6 Å². The van der Waals surface area contributed by atoms with Crippen LogP contribution >= 0.6 is 0 Å². The first-order chi connectivity index (χ1) is 15.5. The second kappa shape index (κ2) is 16.2. The highest BCUT2D eigenvalue weighted by Gasteiger charge is 2.24. The van der Waals surface area contributed by atoms with Gasteiger partial charge in [-0.05, 0) is 6.92 Å². The molecule has 0 rings (SSSR count). The number of carboxylic acid groups (broad SMARTS) is 1. The highest BCUT2D eigenvalue weighted by Crippen LogP contribution is 1.94. The van der Waals surface area contributed by atoms with Crippen molar-refractivity contribution >= 4 is 35.6 Å². The summed E-state index contributed by atoms with van der Waals surface area (Å²) in [5.74, 6) is -4.49. The first kappa shape index (κ1) is 29.5. The normalized spacial score (nSPS) is 13.2. The number of carbonyl (C=O) groups excluding carboxylic acids is 5. The monoisotopic (exact) mass is 478 g/mol. The molecule has 0 aliphatic carbocycles. The van der Waals surface area contributed by atoms with Crippen molar-refractivity contribution in [3.8, 4) is 0 Å². The van der Waals surface area contributed by atoms with Crippen LogP contribution in [0.2, 0.25) is 0 Å². The molecule has 0 aromatic heterocycles. The van der Waals surface area contributed by atoms with Gasteiger partial charge in [-0.3, -0.25) is 24.0 Å². The molecule has 0 aromatic rings. The van der Waals surface area contributed by atoms with E-state index in [1.165, 1.54) is 6.92 Å². The van der Waals surface area contributed by atoms with E-state index in [0.29, 0.717) is 0 Å². The van der Waals surface area contributed by atoms with Gasteiger partial charge in [-0.25, -0.2) is 4.79 Å². The predicted octanol–water partition coefficient (Wildman–Crippen LogP) is -4.89. The average molecular weight is 478 g/mol. The van der Waals surface area contributed by atoms with E-state index in [1.54, 1.807) is 0 Å². The summed E-state index contributed by atoms with van der Waals surface area (Å²) < 4.78 is 10.2. The number of hydrogen-bond acceptors (Lipinski definition) is 9. The first-order valence-corrected chi connectivity index (χ1v) is 9.68. The van der Waals surface area contributed by atoms with Crippen molar-refractivity contribution < 1.29 is 48.5 Å². The molecule has 0 heterocycles.